The van der Waals surface area contributed by atoms with E-state index in [4.69, 9.17) is 4.98 Å². The van der Waals surface area contributed by atoms with Crippen LogP contribution in [-0.4, -0.2) is 4.98 Å². The lowest BCUT2D eigenvalue weighted by Gasteiger charge is -2.22. The molecule has 5 aromatic carbocycles. The van der Waals surface area contributed by atoms with Crippen molar-refractivity contribution in [3.05, 3.63) is 150 Å². The van der Waals surface area contributed by atoms with Crippen LogP contribution in [0.2, 0.25) is 0 Å². The molecule has 7 rings (SSSR count). The van der Waals surface area contributed by atoms with E-state index in [1.54, 1.807) is 0 Å². The van der Waals surface area contributed by atoms with Gasteiger partial charge in [-0.1, -0.05) is 105 Å². The van der Waals surface area contributed by atoms with E-state index < -0.39 is 0 Å². The molecule has 198 valence electrons. The molecular weight excluding hydrogens is 494 g/mol. The van der Waals surface area contributed by atoms with Crippen LogP contribution in [0.1, 0.15) is 36.2 Å². The molecule has 0 radical (unpaired) electrons. The first-order chi connectivity index (χ1) is 19.9. The summed E-state index contributed by atoms with van der Waals surface area (Å²) < 4.78 is 0. The maximum Gasteiger partial charge on any atom is 0.0708 e. The summed E-state index contributed by atoms with van der Waals surface area (Å²) in [4.78, 5) is 4.94. The maximum atomic E-state index is 4.94. The molecule has 41 heavy (non-hydrogen) atoms. The van der Waals surface area contributed by atoms with Crippen molar-refractivity contribution >= 4 is 0 Å². The molecule has 1 heterocycles. The Morgan fingerprint density at radius 3 is 1.73 bits per heavy atom. The van der Waals surface area contributed by atoms with Crippen LogP contribution in [0.5, 0.6) is 0 Å². The van der Waals surface area contributed by atoms with E-state index in [0.29, 0.717) is 0 Å². The fourth-order valence-corrected chi connectivity index (χ4v) is 6.47. The number of hydrogen-bond donors (Lipinski definition) is 0. The van der Waals surface area contributed by atoms with Gasteiger partial charge in [0, 0.05) is 16.7 Å². The van der Waals surface area contributed by atoms with Gasteiger partial charge in [0.2, 0.25) is 0 Å². The minimum Gasteiger partial charge on any atom is -0.253 e. The van der Waals surface area contributed by atoms with Crippen LogP contribution in [0, 0.1) is 13.8 Å². The van der Waals surface area contributed by atoms with E-state index in [-0.39, 0.29) is 5.41 Å². The highest BCUT2D eigenvalue weighted by Crippen LogP contribution is 2.49. The predicted molar refractivity (Wildman–Crippen MR) is 173 cm³/mol. The summed E-state index contributed by atoms with van der Waals surface area (Å²) in [6, 6.07) is 46.6. The molecule has 0 saturated carbocycles. The van der Waals surface area contributed by atoms with Gasteiger partial charge in [-0.3, -0.25) is 4.98 Å². The fraction of sp³-hybridized carbons (Fsp3) is 0.125. The average molecular weight is 528 g/mol. The standard InChI is InChI=1S/C40H33N/c1-26-20-27(2)41-39(21-26)34-23-32(30-16-14-29(15-17-30)28-10-6-5-7-11-28)22-33(24-34)31-18-19-36-35-12-8-9-13-37(35)40(3,4)38(36)25-31/h5-25H,1-4H3. The van der Waals surface area contributed by atoms with Gasteiger partial charge in [0.25, 0.3) is 0 Å². The minimum absolute atomic E-state index is 0.0368. The fourth-order valence-electron chi connectivity index (χ4n) is 6.47. The smallest absolute Gasteiger partial charge is 0.0708 e. The Kier molecular flexibility index (Phi) is 5.98. The summed E-state index contributed by atoms with van der Waals surface area (Å²) in [7, 11) is 0. The first kappa shape index (κ1) is 25.2. The molecule has 0 N–H and O–H groups in total. The van der Waals surface area contributed by atoms with E-state index >= 15 is 0 Å². The molecule has 0 atom stereocenters. The average Bonchev–Trinajstić information content (AvgIpc) is 3.23. The predicted octanol–water partition coefficient (Wildman–Crippen LogP) is 10.7. The molecule has 0 amide bonds. The van der Waals surface area contributed by atoms with Gasteiger partial charge in [0.05, 0.1) is 5.69 Å². The van der Waals surface area contributed by atoms with E-state index in [9.17, 15) is 0 Å². The largest absolute Gasteiger partial charge is 0.253 e. The summed E-state index contributed by atoms with van der Waals surface area (Å²) in [5.41, 5.74) is 17.2. The molecule has 0 bridgehead atoms. The van der Waals surface area contributed by atoms with Crippen LogP contribution < -0.4 is 0 Å². The zero-order chi connectivity index (χ0) is 28.1. The summed E-state index contributed by atoms with van der Waals surface area (Å²) in [6.07, 6.45) is 0. The molecular formula is C40H33N. The number of hydrogen-bond acceptors (Lipinski definition) is 1. The molecule has 1 heteroatoms. The molecule has 1 aromatic heterocycles. The van der Waals surface area contributed by atoms with Crippen LogP contribution in [-0.2, 0) is 5.41 Å². The first-order valence-corrected chi connectivity index (χ1v) is 14.4. The van der Waals surface area contributed by atoms with Crippen molar-refractivity contribution in [2.24, 2.45) is 0 Å². The van der Waals surface area contributed by atoms with Crippen LogP contribution in [0.15, 0.2) is 127 Å². The number of aromatic nitrogens is 1. The van der Waals surface area contributed by atoms with Gasteiger partial charge in [0.15, 0.2) is 0 Å². The Morgan fingerprint density at radius 1 is 0.439 bits per heavy atom. The van der Waals surface area contributed by atoms with E-state index in [1.807, 2.05) is 0 Å². The Morgan fingerprint density at radius 2 is 1.00 bits per heavy atom. The van der Waals surface area contributed by atoms with Crippen molar-refractivity contribution in [1.29, 1.82) is 0 Å². The highest BCUT2D eigenvalue weighted by atomic mass is 14.7. The number of nitrogens with zero attached hydrogens (tertiary/aromatic N) is 1. The molecule has 1 aliphatic carbocycles. The molecule has 0 unspecified atom stereocenters. The third-order valence-electron chi connectivity index (χ3n) is 8.57. The molecule has 0 saturated heterocycles. The molecule has 1 aliphatic rings. The third kappa shape index (κ3) is 4.48. The summed E-state index contributed by atoms with van der Waals surface area (Å²) >= 11 is 0. The number of benzene rings is 5. The monoisotopic (exact) mass is 527 g/mol. The Balaban J connectivity index is 1.37. The second kappa shape index (κ2) is 9.71. The zero-order valence-electron chi connectivity index (χ0n) is 24.1. The van der Waals surface area contributed by atoms with Crippen molar-refractivity contribution in [1.82, 2.24) is 4.98 Å². The lowest BCUT2D eigenvalue weighted by molar-refractivity contribution is 0.660. The first-order valence-electron chi connectivity index (χ1n) is 14.4. The van der Waals surface area contributed by atoms with Gasteiger partial charge in [-0.25, -0.2) is 0 Å². The van der Waals surface area contributed by atoms with Crippen molar-refractivity contribution in [3.8, 4) is 55.8 Å². The van der Waals surface area contributed by atoms with Gasteiger partial charge in [-0.15, -0.1) is 0 Å². The number of fused-ring (bicyclic) bond motifs is 3. The Hall–Kier alpha value is -4.75. The number of pyridine rings is 1. The molecule has 1 nitrogen and oxygen atoms in total. The lowest BCUT2D eigenvalue weighted by atomic mass is 9.81. The molecule has 0 spiro atoms. The molecule has 6 aromatic rings. The quantitative estimate of drug-likeness (QED) is 0.222. The Labute approximate surface area is 243 Å². The van der Waals surface area contributed by atoms with Crippen LogP contribution >= 0.6 is 0 Å². The van der Waals surface area contributed by atoms with E-state index in [1.165, 1.54) is 61.2 Å². The normalized spacial score (nSPS) is 13.1. The molecule has 0 fully saturated rings. The van der Waals surface area contributed by atoms with Gasteiger partial charge in [0.1, 0.15) is 0 Å². The number of aryl methyl sites for hydroxylation is 2. The van der Waals surface area contributed by atoms with Gasteiger partial charge >= 0.3 is 0 Å². The van der Waals surface area contributed by atoms with Gasteiger partial charge in [-0.05, 0) is 111 Å². The van der Waals surface area contributed by atoms with Gasteiger partial charge < -0.3 is 0 Å². The van der Waals surface area contributed by atoms with Crippen LogP contribution in [0.4, 0.5) is 0 Å². The van der Waals surface area contributed by atoms with E-state index in [0.717, 1.165) is 17.0 Å². The summed E-state index contributed by atoms with van der Waals surface area (Å²) in [5, 5.41) is 0. The second-order valence-electron chi connectivity index (χ2n) is 11.8. The van der Waals surface area contributed by atoms with Crippen molar-refractivity contribution in [2.45, 2.75) is 33.1 Å². The van der Waals surface area contributed by atoms with Crippen molar-refractivity contribution in [2.75, 3.05) is 0 Å². The summed E-state index contributed by atoms with van der Waals surface area (Å²) in [5.74, 6) is 0. The zero-order valence-corrected chi connectivity index (χ0v) is 24.1. The van der Waals surface area contributed by atoms with Crippen molar-refractivity contribution in [3.63, 3.8) is 0 Å². The highest BCUT2D eigenvalue weighted by molar-refractivity contribution is 5.86. The van der Waals surface area contributed by atoms with Gasteiger partial charge in [-0.2, -0.15) is 0 Å². The maximum absolute atomic E-state index is 4.94. The second-order valence-corrected chi connectivity index (χ2v) is 11.8. The Bertz CT molecular complexity index is 1890. The number of rotatable bonds is 4. The minimum atomic E-state index is -0.0368. The highest BCUT2D eigenvalue weighted by Gasteiger charge is 2.35. The van der Waals surface area contributed by atoms with Crippen LogP contribution in [0.3, 0.4) is 0 Å². The van der Waals surface area contributed by atoms with Crippen molar-refractivity contribution < 1.29 is 0 Å². The molecule has 0 aliphatic heterocycles. The van der Waals surface area contributed by atoms with E-state index in [2.05, 4.69) is 155 Å². The lowest BCUT2D eigenvalue weighted by Crippen LogP contribution is -2.14. The van der Waals surface area contributed by atoms with Crippen LogP contribution in [0.25, 0.3) is 55.8 Å². The topological polar surface area (TPSA) is 12.9 Å². The third-order valence-corrected chi connectivity index (χ3v) is 8.57. The SMILES string of the molecule is Cc1cc(C)nc(-c2cc(-c3ccc(-c4ccccc4)cc3)cc(-c3ccc4c(c3)C(C)(C)c3ccccc3-4)c2)c1. The summed E-state index contributed by atoms with van der Waals surface area (Å²) in [6.45, 7) is 8.91.